The number of benzene rings is 2. The summed E-state index contributed by atoms with van der Waals surface area (Å²) >= 11 is 0. The molecule has 0 heterocycles. The maximum Gasteiger partial charge on any atom is 0.127 e. The van der Waals surface area contributed by atoms with Crippen LogP contribution in [-0.4, -0.2) is 5.11 Å². The first-order valence-electron chi connectivity index (χ1n) is 13.3. The highest BCUT2D eigenvalue weighted by Gasteiger charge is 2.30. The van der Waals surface area contributed by atoms with Crippen LogP contribution in [0.15, 0.2) is 18.2 Å². The second-order valence-electron chi connectivity index (χ2n) is 10.9. The van der Waals surface area contributed by atoms with Crippen molar-refractivity contribution in [2.45, 2.75) is 115 Å². The van der Waals surface area contributed by atoms with E-state index in [1.54, 1.807) is 16.7 Å². The fraction of sp³-hybridized carbons (Fsp3) is 0.600. The Morgan fingerprint density at radius 2 is 1.06 bits per heavy atom. The summed E-state index contributed by atoms with van der Waals surface area (Å²) < 4.78 is 0. The van der Waals surface area contributed by atoms with E-state index in [-0.39, 0.29) is 0 Å². The van der Waals surface area contributed by atoms with Crippen molar-refractivity contribution in [3.63, 3.8) is 0 Å². The molecule has 164 valence electrons. The Balaban J connectivity index is 1.59. The van der Waals surface area contributed by atoms with Crippen LogP contribution >= 0.6 is 0 Å². The highest BCUT2D eigenvalue weighted by Crippen LogP contribution is 2.50. The lowest BCUT2D eigenvalue weighted by Gasteiger charge is -2.28. The van der Waals surface area contributed by atoms with Gasteiger partial charge in [0.15, 0.2) is 0 Å². The van der Waals surface area contributed by atoms with Gasteiger partial charge in [0.1, 0.15) is 5.75 Å². The van der Waals surface area contributed by atoms with Crippen LogP contribution in [0.2, 0.25) is 0 Å². The molecule has 0 aliphatic heterocycles. The van der Waals surface area contributed by atoms with Crippen molar-refractivity contribution in [2.24, 2.45) is 0 Å². The van der Waals surface area contributed by atoms with Gasteiger partial charge in [0.05, 0.1) is 0 Å². The fourth-order valence-electron chi connectivity index (χ4n) is 7.34. The Morgan fingerprint density at radius 1 is 0.548 bits per heavy atom. The van der Waals surface area contributed by atoms with Gasteiger partial charge in [0, 0.05) is 5.56 Å². The van der Waals surface area contributed by atoms with Gasteiger partial charge >= 0.3 is 0 Å². The Labute approximate surface area is 188 Å². The Kier molecular flexibility index (Phi) is 5.33. The van der Waals surface area contributed by atoms with Crippen molar-refractivity contribution in [1.82, 2.24) is 0 Å². The first-order valence-corrected chi connectivity index (χ1v) is 13.3. The van der Waals surface area contributed by atoms with Gasteiger partial charge in [-0.3, -0.25) is 0 Å². The Morgan fingerprint density at radius 3 is 1.74 bits per heavy atom. The van der Waals surface area contributed by atoms with Gasteiger partial charge in [-0.15, -0.1) is 0 Å². The van der Waals surface area contributed by atoms with E-state index in [1.807, 2.05) is 0 Å². The SMILES string of the molecule is Oc1c2c(cc(C3CCCC3)c1-c1cc3c(cc1C1CCCC1)CCCC3)CCCC2. The molecular formula is C30H38O. The molecule has 0 bridgehead atoms. The molecule has 2 fully saturated rings. The molecule has 0 radical (unpaired) electrons. The third-order valence-electron chi connectivity index (χ3n) is 9.02. The molecule has 0 spiro atoms. The molecule has 4 aliphatic rings. The van der Waals surface area contributed by atoms with Gasteiger partial charge in [0.25, 0.3) is 0 Å². The van der Waals surface area contributed by atoms with Crippen molar-refractivity contribution < 1.29 is 5.11 Å². The lowest BCUT2D eigenvalue weighted by molar-refractivity contribution is 0.462. The first-order chi connectivity index (χ1) is 15.3. The number of hydrogen-bond donors (Lipinski definition) is 1. The maximum absolute atomic E-state index is 11.8. The summed E-state index contributed by atoms with van der Waals surface area (Å²) in [4.78, 5) is 0. The van der Waals surface area contributed by atoms with E-state index >= 15 is 0 Å². The van der Waals surface area contributed by atoms with E-state index in [2.05, 4.69) is 18.2 Å². The summed E-state index contributed by atoms with van der Waals surface area (Å²) in [5, 5.41) is 11.8. The van der Waals surface area contributed by atoms with Crippen LogP contribution in [0.25, 0.3) is 11.1 Å². The maximum atomic E-state index is 11.8. The summed E-state index contributed by atoms with van der Waals surface area (Å²) in [6.45, 7) is 0. The van der Waals surface area contributed by atoms with Crippen LogP contribution < -0.4 is 0 Å². The zero-order chi connectivity index (χ0) is 20.8. The zero-order valence-electron chi connectivity index (χ0n) is 19.1. The molecule has 2 aromatic carbocycles. The van der Waals surface area contributed by atoms with Crippen molar-refractivity contribution in [2.75, 3.05) is 0 Å². The van der Waals surface area contributed by atoms with E-state index in [0.29, 0.717) is 17.6 Å². The molecule has 0 unspecified atom stereocenters. The lowest BCUT2D eigenvalue weighted by Crippen LogP contribution is -2.10. The van der Waals surface area contributed by atoms with Crippen LogP contribution in [0.4, 0.5) is 0 Å². The molecule has 1 N–H and O–H groups in total. The summed E-state index contributed by atoms with van der Waals surface area (Å²) in [5.74, 6) is 1.99. The highest BCUT2D eigenvalue weighted by molar-refractivity contribution is 5.81. The van der Waals surface area contributed by atoms with Gasteiger partial charge in [0.2, 0.25) is 0 Å². The molecule has 0 amide bonds. The average molecular weight is 415 g/mol. The van der Waals surface area contributed by atoms with E-state index < -0.39 is 0 Å². The molecule has 6 rings (SSSR count). The molecule has 0 atom stereocenters. The van der Waals surface area contributed by atoms with Gasteiger partial charge < -0.3 is 5.11 Å². The number of fused-ring (bicyclic) bond motifs is 2. The molecule has 2 saturated carbocycles. The summed E-state index contributed by atoms with van der Waals surface area (Å²) in [6.07, 6.45) is 20.5. The standard InChI is InChI=1S/C30H38O/c31-30-25-16-8-7-15-24(25)19-27(21-11-3-4-12-21)29(30)28-18-23-14-6-5-13-22(23)17-26(28)20-9-1-2-10-20/h17-21,31H,1-16H2. The van der Waals surface area contributed by atoms with Crippen molar-refractivity contribution in [3.05, 3.63) is 51.6 Å². The van der Waals surface area contributed by atoms with Crippen LogP contribution in [0.1, 0.15) is 122 Å². The average Bonchev–Trinajstić information content (AvgIpc) is 3.53. The predicted octanol–water partition coefficient (Wildman–Crippen LogP) is 8.13. The second kappa shape index (κ2) is 8.30. The number of aryl methyl sites for hydroxylation is 3. The number of hydrogen-bond acceptors (Lipinski definition) is 1. The van der Waals surface area contributed by atoms with Gasteiger partial charge in [-0.2, -0.15) is 0 Å². The van der Waals surface area contributed by atoms with Crippen LogP contribution in [0.5, 0.6) is 5.75 Å². The molecule has 0 saturated heterocycles. The zero-order valence-corrected chi connectivity index (χ0v) is 19.1. The molecule has 4 aliphatic carbocycles. The van der Waals surface area contributed by atoms with Crippen LogP contribution in [0.3, 0.4) is 0 Å². The topological polar surface area (TPSA) is 20.2 Å². The minimum Gasteiger partial charge on any atom is -0.507 e. The van der Waals surface area contributed by atoms with Crippen LogP contribution in [0, 0.1) is 0 Å². The number of aromatic hydroxyl groups is 1. The minimum atomic E-state index is 0.639. The Hall–Kier alpha value is -1.76. The molecule has 2 aromatic rings. The monoisotopic (exact) mass is 414 g/mol. The normalized spacial score (nSPS) is 21.9. The smallest absolute Gasteiger partial charge is 0.127 e. The molecular weight excluding hydrogens is 376 g/mol. The third-order valence-corrected chi connectivity index (χ3v) is 9.02. The van der Waals surface area contributed by atoms with Gasteiger partial charge in [-0.25, -0.2) is 0 Å². The van der Waals surface area contributed by atoms with Crippen LogP contribution in [-0.2, 0) is 25.7 Å². The summed E-state index contributed by atoms with van der Waals surface area (Å²) in [6, 6.07) is 7.69. The van der Waals surface area contributed by atoms with Gasteiger partial charge in [-0.1, -0.05) is 43.9 Å². The largest absolute Gasteiger partial charge is 0.507 e. The predicted molar refractivity (Wildman–Crippen MR) is 129 cm³/mol. The quantitative estimate of drug-likeness (QED) is 0.537. The van der Waals surface area contributed by atoms with E-state index in [0.717, 1.165) is 12.8 Å². The fourth-order valence-corrected chi connectivity index (χ4v) is 7.34. The highest BCUT2D eigenvalue weighted by atomic mass is 16.3. The number of rotatable bonds is 3. The summed E-state index contributed by atoms with van der Waals surface area (Å²) in [5.41, 5.74) is 11.6. The first kappa shape index (κ1) is 19.9. The number of phenolic OH excluding ortho intramolecular Hbond substituents is 1. The third kappa shape index (κ3) is 3.53. The molecule has 0 aromatic heterocycles. The van der Waals surface area contributed by atoms with E-state index in [1.165, 1.54) is 118 Å². The van der Waals surface area contributed by atoms with E-state index in [4.69, 9.17) is 0 Å². The molecule has 31 heavy (non-hydrogen) atoms. The van der Waals surface area contributed by atoms with Crippen molar-refractivity contribution in [1.29, 1.82) is 0 Å². The van der Waals surface area contributed by atoms with Crippen molar-refractivity contribution in [3.8, 4) is 16.9 Å². The lowest BCUT2D eigenvalue weighted by atomic mass is 9.77. The number of phenols is 1. The van der Waals surface area contributed by atoms with Crippen molar-refractivity contribution >= 4 is 0 Å². The Bertz CT molecular complexity index is 973. The van der Waals surface area contributed by atoms with Gasteiger partial charge in [-0.05, 0) is 128 Å². The summed E-state index contributed by atoms with van der Waals surface area (Å²) in [7, 11) is 0. The minimum absolute atomic E-state index is 0.639. The molecule has 1 heteroatoms. The second-order valence-corrected chi connectivity index (χ2v) is 10.9. The van der Waals surface area contributed by atoms with E-state index in [9.17, 15) is 5.11 Å². The molecule has 1 nitrogen and oxygen atoms in total.